The number of rotatable bonds is 2. The molecule has 0 aliphatic carbocycles. The van der Waals surface area contributed by atoms with Crippen molar-refractivity contribution in [2.75, 3.05) is 6.79 Å². The largest absolute Gasteiger partial charge is 0.573 e. The van der Waals surface area contributed by atoms with Gasteiger partial charge in [0.05, 0.1) is 0 Å². The van der Waals surface area contributed by atoms with Crippen LogP contribution in [0.1, 0.15) is 0 Å². The summed E-state index contributed by atoms with van der Waals surface area (Å²) in [5.74, 6) is 0.236. The number of hydrogen-bond donors (Lipinski definition) is 1. The highest BCUT2D eigenvalue weighted by atomic mass is 19.4. The van der Waals surface area contributed by atoms with Crippen LogP contribution < -0.4 is 14.2 Å². The van der Waals surface area contributed by atoms with E-state index >= 15 is 0 Å². The Morgan fingerprint density at radius 3 is 2.48 bits per heavy atom. The van der Waals surface area contributed by atoms with Crippen LogP contribution in [0.2, 0.25) is 0 Å². The molecule has 0 radical (unpaired) electrons. The zero-order valence-electron chi connectivity index (χ0n) is 10.5. The number of phenols is 1. The Morgan fingerprint density at radius 2 is 1.71 bits per heavy atom. The van der Waals surface area contributed by atoms with Crippen LogP contribution in [-0.2, 0) is 0 Å². The number of benzene rings is 2. The van der Waals surface area contributed by atoms with Gasteiger partial charge in [-0.3, -0.25) is 0 Å². The lowest BCUT2D eigenvalue weighted by atomic mass is 10.0. The van der Waals surface area contributed by atoms with Crippen LogP contribution in [0.4, 0.5) is 13.2 Å². The molecule has 1 N–H and O–H groups in total. The molecule has 0 saturated heterocycles. The summed E-state index contributed by atoms with van der Waals surface area (Å²) in [5, 5.41) is 9.54. The molecular weight excluding hydrogens is 289 g/mol. The SMILES string of the molecule is Oc1cc(OC(F)(F)F)cc(-c2ccc3c(c2)OCO3)c1. The van der Waals surface area contributed by atoms with Gasteiger partial charge in [-0.15, -0.1) is 13.2 Å². The maximum Gasteiger partial charge on any atom is 0.573 e. The first-order valence-electron chi connectivity index (χ1n) is 5.90. The van der Waals surface area contributed by atoms with Gasteiger partial charge in [0.2, 0.25) is 6.79 Å². The van der Waals surface area contributed by atoms with Crippen LogP contribution in [0.25, 0.3) is 11.1 Å². The molecule has 1 aliphatic rings. The van der Waals surface area contributed by atoms with Crippen molar-refractivity contribution in [1.29, 1.82) is 0 Å². The number of ether oxygens (including phenoxy) is 3. The lowest BCUT2D eigenvalue weighted by molar-refractivity contribution is -0.274. The Bertz CT molecular complexity index is 682. The van der Waals surface area contributed by atoms with Crippen molar-refractivity contribution in [2.24, 2.45) is 0 Å². The van der Waals surface area contributed by atoms with Gasteiger partial charge in [0.1, 0.15) is 11.5 Å². The zero-order chi connectivity index (χ0) is 15.0. The monoisotopic (exact) mass is 298 g/mol. The van der Waals surface area contributed by atoms with Crippen LogP contribution in [0.5, 0.6) is 23.0 Å². The maximum absolute atomic E-state index is 12.2. The van der Waals surface area contributed by atoms with E-state index in [-0.39, 0.29) is 12.5 Å². The first-order valence-corrected chi connectivity index (χ1v) is 5.90. The fourth-order valence-corrected chi connectivity index (χ4v) is 2.02. The van der Waals surface area contributed by atoms with E-state index in [4.69, 9.17) is 9.47 Å². The van der Waals surface area contributed by atoms with Gasteiger partial charge in [-0.25, -0.2) is 0 Å². The Morgan fingerprint density at radius 1 is 0.952 bits per heavy atom. The smallest absolute Gasteiger partial charge is 0.508 e. The van der Waals surface area contributed by atoms with Gasteiger partial charge in [-0.1, -0.05) is 6.07 Å². The average Bonchev–Trinajstić information content (AvgIpc) is 2.82. The first-order chi connectivity index (χ1) is 9.90. The van der Waals surface area contributed by atoms with Gasteiger partial charge in [-0.2, -0.15) is 0 Å². The Balaban J connectivity index is 1.98. The number of aromatic hydroxyl groups is 1. The molecule has 0 bridgehead atoms. The Kier molecular flexibility index (Phi) is 3.04. The van der Waals surface area contributed by atoms with Gasteiger partial charge >= 0.3 is 6.36 Å². The minimum atomic E-state index is -4.82. The van der Waals surface area contributed by atoms with Gasteiger partial charge < -0.3 is 19.3 Å². The topological polar surface area (TPSA) is 47.9 Å². The van der Waals surface area contributed by atoms with E-state index in [1.165, 1.54) is 12.1 Å². The summed E-state index contributed by atoms with van der Waals surface area (Å²) in [6, 6.07) is 8.33. The normalized spacial score (nSPS) is 13.3. The molecule has 0 aromatic heterocycles. The summed E-state index contributed by atoms with van der Waals surface area (Å²) < 4.78 is 50.9. The predicted octanol–water partition coefficient (Wildman–Crippen LogP) is 3.69. The lowest BCUT2D eigenvalue weighted by Crippen LogP contribution is -2.17. The molecule has 2 aromatic carbocycles. The molecular formula is C14H9F3O4. The quantitative estimate of drug-likeness (QED) is 0.918. The minimum absolute atomic E-state index is 0.0985. The first kappa shape index (κ1) is 13.4. The second-order valence-corrected chi connectivity index (χ2v) is 4.33. The molecule has 1 aliphatic heterocycles. The summed E-state index contributed by atoms with van der Waals surface area (Å²) in [7, 11) is 0. The zero-order valence-corrected chi connectivity index (χ0v) is 10.5. The number of fused-ring (bicyclic) bond motifs is 1. The van der Waals surface area contributed by atoms with Crippen LogP contribution in [0.3, 0.4) is 0 Å². The van der Waals surface area contributed by atoms with Crippen molar-refractivity contribution in [3.05, 3.63) is 36.4 Å². The van der Waals surface area contributed by atoms with Crippen molar-refractivity contribution >= 4 is 0 Å². The van der Waals surface area contributed by atoms with Gasteiger partial charge in [0, 0.05) is 6.07 Å². The Hall–Kier alpha value is -2.57. The van der Waals surface area contributed by atoms with Crippen LogP contribution >= 0.6 is 0 Å². The third kappa shape index (κ3) is 2.96. The van der Waals surface area contributed by atoms with E-state index in [9.17, 15) is 18.3 Å². The van der Waals surface area contributed by atoms with Gasteiger partial charge in [-0.05, 0) is 35.4 Å². The molecule has 0 unspecified atom stereocenters. The van der Waals surface area contributed by atoms with Gasteiger partial charge in [0.25, 0.3) is 0 Å². The molecule has 4 nitrogen and oxygen atoms in total. The van der Waals surface area contributed by atoms with E-state index in [0.717, 1.165) is 6.07 Å². The molecule has 21 heavy (non-hydrogen) atoms. The highest BCUT2D eigenvalue weighted by Crippen LogP contribution is 2.38. The maximum atomic E-state index is 12.2. The summed E-state index contributed by atoms with van der Waals surface area (Å²) in [6.07, 6.45) is -4.82. The number of phenolic OH excluding ortho intramolecular Hbond substituents is 1. The molecule has 1 heterocycles. The molecule has 3 rings (SSSR count). The van der Waals surface area contributed by atoms with Crippen molar-refractivity contribution in [2.45, 2.75) is 6.36 Å². The standard InChI is InChI=1S/C14H9F3O4/c15-14(16,17)21-11-4-9(3-10(18)6-11)8-1-2-12-13(5-8)20-7-19-12/h1-6,18H,7H2. The molecule has 0 atom stereocenters. The fourth-order valence-electron chi connectivity index (χ4n) is 2.02. The lowest BCUT2D eigenvalue weighted by Gasteiger charge is -2.11. The van der Waals surface area contributed by atoms with E-state index in [1.807, 2.05) is 0 Å². The van der Waals surface area contributed by atoms with E-state index in [0.29, 0.717) is 22.6 Å². The van der Waals surface area contributed by atoms with E-state index in [1.54, 1.807) is 18.2 Å². The van der Waals surface area contributed by atoms with Crippen molar-refractivity contribution in [3.8, 4) is 34.1 Å². The van der Waals surface area contributed by atoms with E-state index < -0.39 is 12.1 Å². The predicted molar refractivity (Wildman–Crippen MR) is 66.3 cm³/mol. The molecule has 0 spiro atoms. The third-order valence-electron chi connectivity index (χ3n) is 2.83. The second-order valence-electron chi connectivity index (χ2n) is 4.33. The minimum Gasteiger partial charge on any atom is -0.508 e. The molecule has 2 aromatic rings. The van der Waals surface area contributed by atoms with Gasteiger partial charge in [0.15, 0.2) is 11.5 Å². The van der Waals surface area contributed by atoms with Crippen molar-refractivity contribution < 1.29 is 32.5 Å². The van der Waals surface area contributed by atoms with Crippen molar-refractivity contribution in [3.63, 3.8) is 0 Å². The molecule has 7 heteroatoms. The summed E-state index contributed by atoms with van der Waals surface area (Å²) >= 11 is 0. The molecule has 110 valence electrons. The second kappa shape index (κ2) is 4.76. The molecule has 0 amide bonds. The van der Waals surface area contributed by atoms with Crippen LogP contribution in [0.15, 0.2) is 36.4 Å². The fraction of sp³-hybridized carbons (Fsp3) is 0.143. The Labute approximate surface area is 117 Å². The molecule has 0 saturated carbocycles. The average molecular weight is 298 g/mol. The van der Waals surface area contributed by atoms with E-state index in [2.05, 4.69) is 4.74 Å². The third-order valence-corrected chi connectivity index (χ3v) is 2.83. The number of alkyl halides is 3. The van der Waals surface area contributed by atoms with Crippen LogP contribution in [0, 0.1) is 0 Å². The van der Waals surface area contributed by atoms with Crippen molar-refractivity contribution in [1.82, 2.24) is 0 Å². The van der Waals surface area contributed by atoms with Crippen LogP contribution in [-0.4, -0.2) is 18.3 Å². The molecule has 0 fully saturated rings. The summed E-state index contributed by atoms with van der Waals surface area (Å²) in [4.78, 5) is 0. The number of hydrogen-bond acceptors (Lipinski definition) is 4. The summed E-state index contributed by atoms with van der Waals surface area (Å²) in [5.41, 5.74) is 0.940. The highest BCUT2D eigenvalue weighted by Gasteiger charge is 2.31. The number of halogens is 3. The summed E-state index contributed by atoms with van der Waals surface area (Å²) in [6.45, 7) is 0.0985. The highest BCUT2D eigenvalue weighted by molar-refractivity contribution is 5.70.